The molecule has 0 saturated heterocycles. The summed E-state index contributed by atoms with van der Waals surface area (Å²) in [4.78, 5) is 30.3. The van der Waals surface area contributed by atoms with Crippen molar-refractivity contribution in [2.75, 3.05) is 29.7 Å². The first-order valence-electron chi connectivity index (χ1n) is 4.98. The average Bonchev–Trinajstić information content (AvgIpc) is 2.57. The van der Waals surface area contributed by atoms with Gasteiger partial charge < -0.3 is 16.0 Å². The summed E-state index contributed by atoms with van der Waals surface area (Å²) in [5, 5.41) is 2.78. The van der Waals surface area contributed by atoms with Crippen molar-refractivity contribution in [3.05, 3.63) is 20.7 Å². The zero-order valence-electron chi connectivity index (χ0n) is 9.50. The maximum Gasteiger partial charge on any atom is 0.298 e. The van der Waals surface area contributed by atoms with Crippen LogP contribution < -0.4 is 27.1 Å². The maximum absolute atomic E-state index is 11.5. The van der Waals surface area contributed by atoms with Crippen LogP contribution in [0.3, 0.4) is 0 Å². The maximum atomic E-state index is 11.5. The molecule has 0 fully saturated rings. The third-order valence-electron chi connectivity index (χ3n) is 2.00. The predicted molar refractivity (Wildman–Crippen MR) is 63.8 cm³/mol. The molecule has 0 aliphatic carbocycles. The molecule has 1 aliphatic rings. The second-order valence-corrected chi connectivity index (χ2v) is 3.01. The lowest BCUT2D eigenvalue weighted by Crippen LogP contribution is -2.22. The molecule has 2 heterocycles. The zero-order chi connectivity index (χ0) is 12.3. The molecule has 0 spiro atoms. The first-order chi connectivity index (χ1) is 7.59. The second-order valence-electron chi connectivity index (χ2n) is 3.01. The smallest absolute Gasteiger partial charge is 0.298 e. The van der Waals surface area contributed by atoms with Crippen molar-refractivity contribution in [2.24, 2.45) is 0 Å². The molecule has 0 aromatic carbocycles. The molecule has 0 saturated carbocycles. The molecule has 0 bridgehead atoms. The monoisotopic (exact) mass is 225 g/mol. The Morgan fingerprint density at radius 1 is 1.38 bits per heavy atom. The summed E-state index contributed by atoms with van der Waals surface area (Å²) in [5.74, 6) is -0.176. The third-order valence-corrected chi connectivity index (χ3v) is 2.00. The highest BCUT2D eigenvalue weighted by atomic mass is 16.1. The van der Waals surface area contributed by atoms with Crippen molar-refractivity contribution in [2.45, 2.75) is 13.8 Å². The van der Waals surface area contributed by atoms with Crippen molar-refractivity contribution in [1.82, 2.24) is 9.97 Å². The van der Waals surface area contributed by atoms with Crippen LogP contribution in [-0.4, -0.2) is 23.7 Å². The Hall–Kier alpha value is -2.05. The topological polar surface area (TPSA) is 104 Å². The molecule has 7 nitrogen and oxygen atoms in total. The fourth-order valence-electron chi connectivity index (χ4n) is 1.38. The molecule has 4 N–H and O–H groups in total. The van der Waals surface area contributed by atoms with Crippen LogP contribution >= 0.6 is 0 Å². The van der Waals surface area contributed by atoms with Crippen LogP contribution in [0.2, 0.25) is 0 Å². The van der Waals surface area contributed by atoms with Crippen molar-refractivity contribution in [3.8, 4) is 0 Å². The van der Waals surface area contributed by atoms with Gasteiger partial charge in [-0.25, -0.2) is 0 Å². The van der Waals surface area contributed by atoms with Gasteiger partial charge in [-0.2, -0.15) is 4.98 Å². The quantitative estimate of drug-likeness (QED) is 0.553. The number of nitrogen functional groups attached to an aromatic ring is 1. The summed E-state index contributed by atoms with van der Waals surface area (Å²) >= 11 is 0. The lowest BCUT2D eigenvalue weighted by atomic mass is 10.4. The number of H-pyrrole nitrogens is 1. The highest BCUT2D eigenvalue weighted by Crippen LogP contribution is 2.20. The van der Waals surface area contributed by atoms with Crippen LogP contribution in [0.4, 0.5) is 17.3 Å². The number of aromatic nitrogens is 2. The highest BCUT2D eigenvalue weighted by Gasteiger charge is 2.21. The number of fused-ring (bicyclic) bond motifs is 1. The molecule has 7 heteroatoms. The molecule has 1 aromatic rings. The van der Waals surface area contributed by atoms with Crippen LogP contribution in [0.5, 0.6) is 0 Å². The van der Waals surface area contributed by atoms with Gasteiger partial charge in [0, 0.05) is 7.05 Å². The summed E-state index contributed by atoms with van der Waals surface area (Å²) < 4.78 is 0. The van der Waals surface area contributed by atoms with Crippen molar-refractivity contribution >= 4 is 17.3 Å². The molecular formula is C9H15N5O2. The van der Waals surface area contributed by atoms with Gasteiger partial charge in [0.25, 0.3) is 11.1 Å². The molecule has 1 aromatic heterocycles. The minimum Gasteiger partial charge on any atom is -0.369 e. The Kier molecular flexibility index (Phi) is 3.49. The van der Waals surface area contributed by atoms with E-state index < -0.39 is 11.1 Å². The van der Waals surface area contributed by atoms with Gasteiger partial charge in [-0.3, -0.25) is 14.6 Å². The lowest BCUT2D eigenvalue weighted by molar-refractivity contribution is 1.01. The van der Waals surface area contributed by atoms with Gasteiger partial charge in [0.05, 0.1) is 6.67 Å². The molecule has 0 amide bonds. The summed E-state index contributed by atoms with van der Waals surface area (Å²) in [6, 6.07) is 0. The summed E-state index contributed by atoms with van der Waals surface area (Å²) in [7, 11) is 1.70. The zero-order valence-corrected chi connectivity index (χ0v) is 9.50. The fraction of sp³-hybridized carbons (Fsp3) is 0.444. The van der Waals surface area contributed by atoms with E-state index in [0.717, 1.165) is 0 Å². The average molecular weight is 225 g/mol. The van der Waals surface area contributed by atoms with Crippen molar-refractivity contribution < 1.29 is 0 Å². The van der Waals surface area contributed by atoms with Crippen LogP contribution in [-0.2, 0) is 0 Å². The summed E-state index contributed by atoms with van der Waals surface area (Å²) in [5.41, 5.74) is 4.82. The van der Waals surface area contributed by atoms with Gasteiger partial charge in [-0.1, -0.05) is 13.8 Å². The van der Waals surface area contributed by atoms with Gasteiger partial charge in [0.15, 0.2) is 0 Å². The molecule has 1 aliphatic heterocycles. The van der Waals surface area contributed by atoms with Gasteiger partial charge >= 0.3 is 0 Å². The minimum atomic E-state index is -0.528. The first kappa shape index (κ1) is 12.0. The van der Waals surface area contributed by atoms with Gasteiger partial charge in [0.1, 0.15) is 11.4 Å². The Balaban J connectivity index is 0.000000606. The van der Waals surface area contributed by atoms with E-state index in [1.54, 1.807) is 11.9 Å². The molecule has 16 heavy (non-hydrogen) atoms. The Morgan fingerprint density at radius 3 is 2.62 bits per heavy atom. The number of nitrogens with two attached hydrogens (primary N) is 1. The van der Waals surface area contributed by atoms with E-state index in [1.807, 2.05) is 13.8 Å². The second kappa shape index (κ2) is 4.65. The van der Waals surface area contributed by atoms with Crippen LogP contribution in [0.1, 0.15) is 13.8 Å². The highest BCUT2D eigenvalue weighted by molar-refractivity contribution is 5.72. The number of hydrogen-bond donors (Lipinski definition) is 3. The van der Waals surface area contributed by atoms with Gasteiger partial charge in [-0.15, -0.1) is 0 Å². The van der Waals surface area contributed by atoms with Crippen LogP contribution in [0.15, 0.2) is 9.59 Å². The van der Waals surface area contributed by atoms with Crippen molar-refractivity contribution in [1.29, 1.82) is 0 Å². The Morgan fingerprint density at radius 2 is 2.00 bits per heavy atom. The number of hydrogen-bond acceptors (Lipinski definition) is 6. The van der Waals surface area contributed by atoms with E-state index in [4.69, 9.17) is 5.73 Å². The normalized spacial score (nSPS) is 12.3. The summed E-state index contributed by atoms with van der Waals surface area (Å²) in [6.45, 7) is 4.42. The lowest BCUT2D eigenvalue weighted by Gasteiger charge is -2.06. The van der Waals surface area contributed by atoms with Gasteiger partial charge in [-0.05, 0) is 0 Å². The molecular weight excluding hydrogens is 210 g/mol. The first-order valence-corrected chi connectivity index (χ1v) is 4.98. The third kappa shape index (κ3) is 1.97. The minimum absolute atomic E-state index is 0.176. The van der Waals surface area contributed by atoms with Crippen LogP contribution in [0, 0.1) is 0 Å². The van der Waals surface area contributed by atoms with Crippen LogP contribution in [0.25, 0.3) is 0 Å². The molecule has 2 rings (SSSR count). The molecule has 88 valence electrons. The largest absolute Gasteiger partial charge is 0.369 e. The Labute approximate surface area is 92.3 Å². The van der Waals surface area contributed by atoms with E-state index in [-0.39, 0.29) is 17.3 Å². The van der Waals surface area contributed by atoms with E-state index in [1.165, 1.54) is 0 Å². The summed E-state index contributed by atoms with van der Waals surface area (Å²) in [6.07, 6.45) is 0. The molecule has 0 atom stereocenters. The SMILES string of the molecule is CC.CN1CNc2c1c(=O)[nH]c(N)nc2=O. The predicted octanol–water partition coefficient (Wildman–Crippen LogP) is -0.442. The molecule has 0 radical (unpaired) electrons. The number of nitrogens with one attached hydrogen (secondary N) is 2. The number of anilines is 3. The van der Waals surface area contributed by atoms with E-state index in [0.29, 0.717) is 6.67 Å². The number of rotatable bonds is 0. The van der Waals surface area contributed by atoms with E-state index in [2.05, 4.69) is 15.3 Å². The van der Waals surface area contributed by atoms with E-state index >= 15 is 0 Å². The van der Waals surface area contributed by atoms with Gasteiger partial charge in [0.2, 0.25) is 5.95 Å². The van der Waals surface area contributed by atoms with Crippen molar-refractivity contribution in [3.63, 3.8) is 0 Å². The van der Waals surface area contributed by atoms with E-state index in [9.17, 15) is 9.59 Å². The Bertz CT molecular complexity index is 496. The fourth-order valence-corrected chi connectivity index (χ4v) is 1.38. The number of aromatic amines is 1. The molecule has 0 unspecified atom stereocenters. The number of nitrogens with zero attached hydrogens (tertiary/aromatic N) is 2. The standard InChI is InChI=1S/C7H9N5O2.C2H6/c1-12-2-9-3-4(12)6(14)11-7(8)10-5(3)13;1-2/h9H,2H2,1H3,(H3,8,10,11,13,14);1-2H3.